The Bertz CT molecular complexity index is 338. The van der Waals surface area contributed by atoms with E-state index in [1.165, 1.54) is 0 Å². The van der Waals surface area contributed by atoms with Crippen molar-refractivity contribution in [1.82, 2.24) is 0 Å². The highest BCUT2D eigenvalue weighted by atomic mass is 31.8. The van der Waals surface area contributed by atoms with Crippen LogP contribution in [0.25, 0.3) is 0 Å². The van der Waals surface area contributed by atoms with Crippen molar-refractivity contribution in [2.75, 3.05) is 0 Å². The summed E-state index contributed by atoms with van der Waals surface area (Å²) >= 11 is 0. The van der Waals surface area contributed by atoms with E-state index < -0.39 is 23.2 Å². The van der Waals surface area contributed by atoms with Crippen LogP contribution in [0.15, 0.2) is 0 Å². The second-order valence-electron chi connectivity index (χ2n) is 10.7. The predicted octanol–water partition coefficient (Wildman–Crippen LogP) is 8.48. The Morgan fingerprint density at radius 2 is 0.909 bits per heavy atom. The largest absolute Gasteiger partial charge is 0.138 e. The van der Waals surface area contributed by atoms with Gasteiger partial charge in [0.05, 0.1) is 23.2 Å². The second kappa shape index (κ2) is 7.14. The van der Waals surface area contributed by atoms with Crippen LogP contribution in [-0.2, 0) is 0 Å². The van der Waals surface area contributed by atoms with E-state index in [2.05, 4.69) is 95.0 Å². The molecule has 0 saturated carbocycles. The maximum Gasteiger partial charge on any atom is 0.0809 e. The molecule has 0 aromatic carbocycles. The van der Waals surface area contributed by atoms with Gasteiger partial charge in [-0.25, -0.2) is 0 Å². The summed E-state index contributed by atoms with van der Waals surface area (Å²) in [5.74, 6) is 0. The fourth-order valence-electron chi connectivity index (χ4n) is 5.01. The lowest BCUT2D eigenvalue weighted by molar-refractivity contribution is 0.735. The van der Waals surface area contributed by atoms with Crippen molar-refractivity contribution in [1.29, 1.82) is 0 Å². The van der Waals surface area contributed by atoms with Crippen molar-refractivity contribution < 1.29 is 0 Å². The molecule has 0 N–H and O–H groups in total. The van der Waals surface area contributed by atoms with Crippen LogP contribution in [0, 0.1) is 0 Å². The molecule has 134 valence electrons. The molecule has 0 saturated heterocycles. The van der Waals surface area contributed by atoms with Crippen molar-refractivity contribution in [3.63, 3.8) is 0 Å². The van der Waals surface area contributed by atoms with E-state index in [0.29, 0.717) is 5.04 Å². The first kappa shape index (κ1) is 23.1. The lowest BCUT2D eigenvalue weighted by Gasteiger charge is -2.62. The van der Waals surface area contributed by atoms with Gasteiger partial charge in [-0.3, -0.25) is 0 Å². The maximum atomic E-state index is 2.76. The molecule has 0 nitrogen and oxygen atoms in total. The smallest absolute Gasteiger partial charge is 0.0809 e. The summed E-state index contributed by atoms with van der Waals surface area (Å²) in [7, 11) is -3.82. The van der Waals surface area contributed by atoms with E-state index in [1.807, 2.05) is 0 Å². The van der Waals surface area contributed by atoms with Gasteiger partial charge in [0.15, 0.2) is 0 Å². The van der Waals surface area contributed by atoms with Crippen molar-refractivity contribution in [3.05, 3.63) is 0 Å². The number of hydrogen-bond donors (Lipinski definition) is 0. The van der Waals surface area contributed by atoms with Crippen molar-refractivity contribution >= 4 is 29.8 Å². The third-order valence-corrected chi connectivity index (χ3v) is 64.2. The molecule has 0 heterocycles. The quantitative estimate of drug-likeness (QED) is 0.322. The van der Waals surface area contributed by atoms with Crippen LogP contribution < -0.4 is 0 Å². The topological polar surface area (TPSA) is 0 Å². The molecule has 0 bridgehead atoms. The monoisotopic (exact) mass is 376 g/mol. The standard InChI is InChI=1S/C18H45PSi3/c1-15(2)22(16(3)4,17(5)6)19(20(10,11)12)21(13,14)18(7,8)9/h15-17H,1-14H3. The molecule has 4 heteroatoms. The summed E-state index contributed by atoms with van der Waals surface area (Å²) in [4.78, 5) is 0. The lowest BCUT2D eigenvalue weighted by atomic mass is 10.2. The minimum absolute atomic E-state index is 0.218. The molecule has 1 unspecified atom stereocenters. The zero-order valence-electron chi connectivity index (χ0n) is 18.2. The maximum absolute atomic E-state index is 2.76. The highest BCUT2D eigenvalue weighted by Crippen LogP contribution is 2.74. The van der Waals surface area contributed by atoms with Gasteiger partial charge >= 0.3 is 0 Å². The molecule has 0 aliphatic rings. The summed E-state index contributed by atoms with van der Waals surface area (Å²) in [6, 6.07) is 0. The fraction of sp³-hybridized carbons (Fsp3) is 1.00. The second-order valence-corrected chi connectivity index (χ2v) is 43.3. The van der Waals surface area contributed by atoms with Crippen molar-refractivity contribution in [2.24, 2.45) is 0 Å². The minimum Gasteiger partial charge on any atom is -0.138 e. The first-order valence-electron chi connectivity index (χ1n) is 9.25. The first-order valence-corrected chi connectivity index (χ1v) is 21.8. The third-order valence-electron chi connectivity index (χ3n) is 6.23. The molecule has 1 atom stereocenters. The summed E-state index contributed by atoms with van der Waals surface area (Å²) in [6.07, 6.45) is 0. The molecule has 22 heavy (non-hydrogen) atoms. The molecular weight excluding hydrogens is 331 g/mol. The lowest BCUT2D eigenvalue weighted by Crippen LogP contribution is -2.57. The van der Waals surface area contributed by atoms with Crippen molar-refractivity contribution in [2.45, 2.75) is 117 Å². The van der Waals surface area contributed by atoms with Crippen LogP contribution in [-0.4, -0.2) is 23.2 Å². The van der Waals surface area contributed by atoms with E-state index >= 15 is 0 Å². The molecule has 0 aliphatic heterocycles. The van der Waals surface area contributed by atoms with Crippen LogP contribution in [0.3, 0.4) is 0 Å². The normalized spacial score (nSPS) is 16.8. The molecule has 0 rings (SSSR count). The van der Waals surface area contributed by atoms with E-state index in [4.69, 9.17) is 0 Å². The fourth-order valence-corrected chi connectivity index (χ4v) is 87.4. The minimum atomic E-state index is -1.35. The first-order chi connectivity index (χ1) is 9.45. The van der Waals surface area contributed by atoms with Gasteiger partial charge in [0, 0.05) is 0 Å². The van der Waals surface area contributed by atoms with Gasteiger partial charge in [0.1, 0.15) is 0 Å². The van der Waals surface area contributed by atoms with Gasteiger partial charge in [-0.2, -0.15) is 0 Å². The van der Waals surface area contributed by atoms with Crippen LogP contribution in [0.5, 0.6) is 0 Å². The average molecular weight is 377 g/mol. The Hall–Kier alpha value is 1.08. The van der Waals surface area contributed by atoms with Crippen LogP contribution in [0.1, 0.15) is 62.3 Å². The summed E-state index contributed by atoms with van der Waals surface area (Å²) in [5.41, 5.74) is 2.75. The molecular formula is C18H45PSi3. The SMILES string of the molecule is CC(C)[Si](C(C)C)(C(C)C)P([Si](C)(C)C)[Si](C)(C)C(C)(C)C. The average Bonchev–Trinajstić information content (AvgIpc) is 2.19. The van der Waals surface area contributed by atoms with Crippen LogP contribution in [0.4, 0.5) is 0 Å². The van der Waals surface area contributed by atoms with E-state index in [0.717, 1.165) is 16.6 Å². The Morgan fingerprint density at radius 1 is 0.636 bits per heavy atom. The Labute approximate surface area is 146 Å². The van der Waals surface area contributed by atoms with E-state index in [1.54, 1.807) is 0 Å². The highest BCUT2D eigenvalue weighted by molar-refractivity contribution is 8.37. The molecule has 0 amide bonds. The van der Waals surface area contributed by atoms with Gasteiger partial charge in [0.25, 0.3) is 0 Å². The van der Waals surface area contributed by atoms with Gasteiger partial charge in [-0.1, -0.05) is 95.0 Å². The molecule has 0 fully saturated rings. The molecule has 0 aliphatic carbocycles. The van der Waals surface area contributed by atoms with Crippen molar-refractivity contribution in [3.8, 4) is 0 Å². The molecule has 0 radical (unpaired) electrons. The molecule has 0 aromatic heterocycles. The zero-order chi connectivity index (χ0) is 18.3. The van der Waals surface area contributed by atoms with Gasteiger partial charge < -0.3 is 0 Å². The Morgan fingerprint density at radius 3 is 1.05 bits per heavy atom. The number of hydrogen-bond acceptors (Lipinski definition) is 0. The molecule has 0 spiro atoms. The molecule has 0 aromatic rings. The predicted molar refractivity (Wildman–Crippen MR) is 119 cm³/mol. The highest BCUT2D eigenvalue weighted by Gasteiger charge is 2.60. The Balaban J connectivity index is 6.64. The summed E-state index contributed by atoms with van der Waals surface area (Å²) in [6.45, 7) is 37.0. The van der Waals surface area contributed by atoms with Crippen LogP contribution >= 0.6 is 6.57 Å². The van der Waals surface area contributed by atoms with Gasteiger partial charge in [0.2, 0.25) is 0 Å². The summed E-state index contributed by atoms with van der Waals surface area (Å²) in [5, 5.41) is 0.524. The van der Waals surface area contributed by atoms with E-state index in [-0.39, 0.29) is 6.57 Å². The summed E-state index contributed by atoms with van der Waals surface area (Å²) < 4.78 is 0. The van der Waals surface area contributed by atoms with E-state index in [9.17, 15) is 0 Å². The van der Waals surface area contributed by atoms with Gasteiger partial charge in [-0.05, 0) is 21.7 Å². The third kappa shape index (κ3) is 4.00. The van der Waals surface area contributed by atoms with Gasteiger partial charge in [-0.15, -0.1) is 6.57 Å². The number of rotatable bonds is 6. The Kier molecular flexibility index (Phi) is 7.49. The van der Waals surface area contributed by atoms with Crippen LogP contribution in [0.2, 0.25) is 54.4 Å². The zero-order valence-corrected chi connectivity index (χ0v) is 22.1.